The maximum absolute atomic E-state index is 5.89. The first-order chi connectivity index (χ1) is 8.24. The van der Waals surface area contributed by atoms with Gasteiger partial charge < -0.3 is 5.32 Å². The van der Waals surface area contributed by atoms with Gasteiger partial charge in [-0.25, -0.2) is 4.98 Å². The molecule has 0 radical (unpaired) electrons. The molecular formula is C13H13ClN2S. The van der Waals surface area contributed by atoms with Crippen molar-refractivity contribution in [2.45, 2.75) is 12.8 Å². The van der Waals surface area contributed by atoms with E-state index in [1.54, 1.807) is 0 Å². The highest BCUT2D eigenvalue weighted by Crippen LogP contribution is 2.34. The summed E-state index contributed by atoms with van der Waals surface area (Å²) in [6, 6.07) is 7.89. The monoisotopic (exact) mass is 264 g/mol. The van der Waals surface area contributed by atoms with Crippen LogP contribution in [0.1, 0.15) is 16.5 Å². The van der Waals surface area contributed by atoms with Crippen molar-refractivity contribution in [2.24, 2.45) is 0 Å². The van der Waals surface area contributed by atoms with Gasteiger partial charge in [-0.15, -0.1) is 11.3 Å². The van der Waals surface area contributed by atoms with Crippen LogP contribution in [0.5, 0.6) is 0 Å². The number of halogens is 1. The van der Waals surface area contributed by atoms with Crippen molar-refractivity contribution >= 4 is 22.9 Å². The molecule has 0 bridgehead atoms. The lowest BCUT2D eigenvalue weighted by Crippen LogP contribution is -2.39. The lowest BCUT2D eigenvalue weighted by molar-refractivity contribution is 0.452. The molecule has 1 saturated heterocycles. The summed E-state index contributed by atoms with van der Waals surface area (Å²) < 4.78 is 0. The Morgan fingerprint density at radius 1 is 1.29 bits per heavy atom. The molecule has 0 amide bonds. The van der Waals surface area contributed by atoms with Gasteiger partial charge in [0.05, 0.1) is 5.69 Å². The molecule has 1 aromatic carbocycles. The molecule has 1 aliphatic heterocycles. The highest BCUT2D eigenvalue weighted by atomic mass is 35.5. The molecule has 0 unspecified atom stereocenters. The van der Waals surface area contributed by atoms with Gasteiger partial charge in [0.2, 0.25) is 0 Å². The summed E-state index contributed by atoms with van der Waals surface area (Å²) in [7, 11) is 0. The highest BCUT2D eigenvalue weighted by Gasteiger charge is 2.24. The standard InChI is InChI=1S/C13H13ClN2S/c1-8-12(10-6-15-7-10)17-13(16-8)9-2-4-11(14)5-3-9/h2-5,10,15H,6-7H2,1H3. The summed E-state index contributed by atoms with van der Waals surface area (Å²) in [5.41, 5.74) is 2.33. The van der Waals surface area contributed by atoms with Crippen molar-refractivity contribution in [3.63, 3.8) is 0 Å². The average Bonchev–Trinajstić information content (AvgIpc) is 2.60. The third-order valence-electron chi connectivity index (χ3n) is 3.08. The van der Waals surface area contributed by atoms with Crippen molar-refractivity contribution in [1.29, 1.82) is 0 Å². The van der Waals surface area contributed by atoms with Crippen molar-refractivity contribution < 1.29 is 0 Å². The molecule has 88 valence electrons. The van der Waals surface area contributed by atoms with Gasteiger partial charge in [-0.2, -0.15) is 0 Å². The zero-order valence-electron chi connectivity index (χ0n) is 9.53. The molecule has 0 atom stereocenters. The third kappa shape index (κ3) is 2.10. The first-order valence-corrected chi connectivity index (χ1v) is 6.87. The first kappa shape index (κ1) is 11.2. The molecule has 4 heteroatoms. The van der Waals surface area contributed by atoms with Gasteiger partial charge in [0.25, 0.3) is 0 Å². The van der Waals surface area contributed by atoms with Crippen LogP contribution in [0.3, 0.4) is 0 Å². The number of aromatic nitrogens is 1. The van der Waals surface area contributed by atoms with E-state index in [1.807, 2.05) is 35.6 Å². The maximum Gasteiger partial charge on any atom is 0.123 e. The van der Waals surface area contributed by atoms with Crippen LogP contribution in [0.25, 0.3) is 10.6 Å². The number of thiazole rings is 1. The second kappa shape index (κ2) is 4.41. The van der Waals surface area contributed by atoms with E-state index in [0.29, 0.717) is 5.92 Å². The zero-order valence-corrected chi connectivity index (χ0v) is 11.1. The van der Waals surface area contributed by atoms with Crippen LogP contribution < -0.4 is 5.32 Å². The van der Waals surface area contributed by atoms with E-state index in [0.717, 1.165) is 28.7 Å². The van der Waals surface area contributed by atoms with Crippen LogP contribution in [0, 0.1) is 6.92 Å². The summed E-state index contributed by atoms with van der Waals surface area (Å²) in [5, 5.41) is 5.17. The second-order valence-electron chi connectivity index (χ2n) is 4.33. The van der Waals surface area contributed by atoms with Crippen LogP contribution in [0.2, 0.25) is 5.02 Å². The van der Waals surface area contributed by atoms with Gasteiger partial charge in [-0.1, -0.05) is 23.7 Å². The van der Waals surface area contributed by atoms with Gasteiger partial charge in [0.1, 0.15) is 5.01 Å². The number of hydrogen-bond acceptors (Lipinski definition) is 3. The van der Waals surface area contributed by atoms with E-state index < -0.39 is 0 Å². The Morgan fingerprint density at radius 3 is 2.59 bits per heavy atom. The number of benzene rings is 1. The Morgan fingerprint density at radius 2 is 2.00 bits per heavy atom. The molecular weight excluding hydrogens is 252 g/mol. The molecule has 17 heavy (non-hydrogen) atoms. The van der Waals surface area contributed by atoms with E-state index in [1.165, 1.54) is 10.6 Å². The lowest BCUT2D eigenvalue weighted by Gasteiger charge is -2.26. The van der Waals surface area contributed by atoms with Crippen LogP contribution in [0.15, 0.2) is 24.3 Å². The topological polar surface area (TPSA) is 24.9 Å². The number of aryl methyl sites for hydroxylation is 1. The summed E-state index contributed by atoms with van der Waals surface area (Å²) in [6.07, 6.45) is 0. The van der Waals surface area contributed by atoms with E-state index in [-0.39, 0.29) is 0 Å². The normalized spacial score (nSPS) is 15.9. The Hall–Kier alpha value is -0.900. The predicted molar refractivity (Wildman–Crippen MR) is 72.9 cm³/mol. The highest BCUT2D eigenvalue weighted by molar-refractivity contribution is 7.15. The quantitative estimate of drug-likeness (QED) is 0.899. The van der Waals surface area contributed by atoms with Gasteiger partial charge in [-0.05, 0) is 19.1 Å². The summed E-state index contributed by atoms with van der Waals surface area (Å²) in [6.45, 7) is 4.27. The lowest BCUT2D eigenvalue weighted by atomic mass is 10.0. The van der Waals surface area contributed by atoms with E-state index in [2.05, 4.69) is 17.2 Å². The molecule has 0 spiro atoms. The largest absolute Gasteiger partial charge is 0.315 e. The number of nitrogens with zero attached hydrogens (tertiary/aromatic N) is 1. The number of rotatable bonds is 2. The first-order valence-electron chi connectivity index (χ1n) is 5.68. The van der Waals surface area contributed by atoms with E-state index in [4.69, 9.17) is 11.6 Å². The Labute approximate surface area is 110 Å². The maximum atomic E-state index is 5.89. The molecule has 2 nitrogen and oxygen atoms in total. The smallest absolute Gasteiger partial charge is 0.123 e. The minimum atomic E-state index is 0.661. The van der Waals surface area contributed by atoms with Crippen LogP contribution in [-0.2, 0) is 0 Å². The third-order valence-corrected chi connectivity index (χ3v) is 4.70. The molecule has 1 fully saturated rings. The summed E-state index contributed by atoms with van der Waals surface area (Å²) >= 11 is 7.70. The summed E-state index contributed by atoms with van der Waals surface area (Å²) in [4.78, 5) is 6.09. The molecule has 0 saturated carbocycles. The molecule has 1 aliphatic rings. The Kier molecular flexibility index (Phi) is 2.90. The molecule has 0 aliphatic carbocycles. The van der Waals surface area contributed by atoms with Crippen molar-refractivity contribution in [3.05, 3.63) is 39.9 Å². The fraction of sp³-hybridized carbons (Fsp3) is 0.308. The fourth-order valence-corrected chi connectivity index (χ4v) is 3.27. The molecule has 2 aromatic rings. The zero-order chi connectivity index (χ0) is 11.8. The van der Waals surface area contributed by atoms with Gasteiger partial charge in [-0.3, -0.25) is 0 Å². The molecule has 1 N–H and O–H groups in total. The second-order valence-corrected chi connectivity index (χ2v) is 5.80. The van der Waals surface area contributed by atoms with Crippen LogP contribution in [-0.4, -0.2) is 18.1 Å². The van der Waals surface area contributed by atoms with Crippen LogP contribution >= 0.6 is 22.9 Å². The van der Waals surface area contributed by atoms with E-state index in [9.17, 15) is 0 Å². The molecule has 3 rings (SSSR count). The molecule has 1 aromatic heterocycles. The van der Waals surface area contributed by atoms with Crippen molar-refractivity contribution in [2.75, 3.05) is 13.1 Å². The van der Waals surface area contributed by atoms with Crippen LogP contribution in [0.4, 0.5) is 0 Å². The minimum absolute atomic E-state index is 0.661. The van der Waals surface area contributed by atoms with Gasteiger partial charge in [0.15, 0.2) is 0 Å². The van der Waals surface area contributed by atoms with Crippen molar-refractivity contribution in [1.82, 2.24) is 10.3 Å². The Balaban J connectivity index is 1.95. The van der Waals surface area contributed by atoms with Gasteiger partial charge in [0, 0.05) is 34.5 Å². The number of nitrogens with one attached hydrogen (secondary N) is 1. The Bertz CT molecular complexity index is 529. The SMILES string of the molecule is Cc1nc(-c2ccc(Cl)cc2)sc1C1CNC1. The molecule has 2 heterocycles. The number of hydrogen-bond donors (Lipinski definition) is 1. The summed E-state index contributed by atoms with van der Waals surface area (Å²) in [5.74, 6) is 0.661. The predicted octanol–water partition coefficient (Wildman–Crippen LogP) is 3.46. The van der Waals surface area contributed by atoms with E-state index >= 15 is 0 Å². The minimum Gasteiger partial charge on any atom is -0.315 e. The fourth-order valence-electron chi connectivity index (χ4n) is 1.98. The van der Waals surface area contributed by atoms with Crippen molar-refractivity contribution in [3.8, 4) is 10.6 Å². The van der Waals surface area contributed by atoms with Gasteiger partial charge >= 0.3 is 0 Å². The average molecular weight is 265 g/mol.